The van der Waals surface area contributed by atoms with Crippen LogP contribution in [0.5, 0.6) is 0 Å². The lowest BCUT2D eigenvalue weighted by molar-refractivity contribution is 0.259. The van der Waals surface area contributed by atoms with Gasteiger partial charge in [-0.1, -0.05) is 39.8 Å². The Kier molecular flexibility index (Phi) is 7.70. The Morgan fingerprint density at radius 2 is 1.70 bits per heavy atom. The summed E-state index contributed by atoms with van der Waals surface area (Å²) in [7, 11) is -3.59. The predicted octanol–water partition coefficient (Wildman–Crippen LogP) is 2.72. The smallest absolute Gasteiger partial charge is 0.241 e. The number of hydrogen-bond donors (Lipinski definition) is 3. The van der Waals surface area contributed by atoms with Crippen LogP contribution < -0.4 is 10.0 Å². The van der Waals surface area contributed by atoms with Gasteiger partial charge >= 0.3 is 0 Å². The lowest BCUT2D eigenvalue weighted by Gasteiger charge is -2.25. The summed E-state index contributed by atoms with van der Waals surface area (Å²) in [6, 6.07) is 5.92. The SMILES string of the molecule is CC(C)C[C@H](CO)Nc1nc(CC(C)(C)c2ccc(F)cc2)nc(NS(C)(=O)=O)n1. The van der Waals surface area contributed by atoms with Crippen molar-refractivity contribution in [2.45, 2.75) is 52.0 Å². The number of nitrogens with zero attached hydrogens (tertiary/aromatic N) is 3. The molecule has 2 aromatic rings. The number of aromatic nitrogens is 3. The number of hydrogen-bond acceptors (Lipinski definition) is 7. The van der Waals surface area contributed by atoms with Crippen LogP contribution in [-0.2, 0) is 21.9 Å². The molecule has 30 heavy (non-hydrogen) atoms. The molecule has 0 aliphatic heterocycles. The Labute approximate surface area is 177 Å². The van der Waals surface area contributed by atoms with Gasteiger partial charge in [0.15, 0.2) is 0 Å². The summed E-state index contributed by atoms with van der Waals surface area (Å²) in [4.78, 5) is 12.8. The van der Waals surface area contributed by atoms with Crippen molar-refractivity contribution in [1.29, 1.82) is 0 Å². The predicted molar refractivity (Wildman–Crippen MR) is 115 cm³/mol. The van der Waals surface area contributed by atoms with Crippen LogP contribution in [0.4, 0.5) is 16.3 Å². The quantitative estimate of drug-likeness (QED) is 0.521. The average Bonchev–Trinajstić information content (AvgIpc) is 2.59. The number of halogens is 1. The minimum atomic E-state index is -3.59. The van der Waals surface area contributed by atoms with Gasteiger partial charge in [0.05, 0.1) is 18.9 Å². The highest BCUT2D eigenvalue weighted by molar-refractivity contribution is 7.91. The van der Waals surface area contributed by atoms with Gasteiger partial charge in [-0.2, -0.15) is 15.0 Å². The van der Waals surface area contributed by atoms with E-state index in [1.165, 1.54) is 12.1 Å². The van der Waals surface area contributed by atoms with Gasteiger partial charge < -0.3 is 10.4 Å². The summed E-state index contributed by atoms with van der Waals surface area (Å²) in [5.74, 6) is 0.471. The van der Waals surface area contributed by atoms with Crippen molar-refractivity contribution in [3.8, 4) is 0 Å². The summed E-state index contributed by atoms with van der Waals surface area (Å²) < 4.78 is 38.9. The van der Waals surface area contributed by atoms with E-state index < -0.39 is 15.4 Å². The summed E-state index contributed by atoms with van der Waals surface area (Å²) in [6.07, 6.45) is 2.07. The lowest BCUT2D eigenvalue weighted by atomic mass is 9.81. The van der Waals surface area contributed by atoms with Crippen molar-refractivity contribution in [3.05, 3.63) is 41.5 Å². The minimum absolute atomic E-state index is 0.0962. The average molecular weight is 440 g/mol. The minimum Gasteiger partial charge on any atom is -0.394 e. The molecule has 0 aliphatic rings. The van der Waals surface area contributed by atoms with Gasteiger partial charge in [0.25, 0.3) is 0 Å². The third kappa shape index (κ3) is 7.49. The zero-order valence-corrected chi connectivity index (χ0v) is 18.8. The van der Waals surface area contributed by atoms with Gasteiger partial charge in [-0.25, -0.2) is 12.8 Å². The number of benzene rings is 1. The zero-order valence-electron chi connectivity index (χ0n) is 18.0. The molecule has 10 heteroatoms. The molecule has 2 rings (SSSR count). The van der Waals surface area contributed by atoms with Crippen molar-refractivity contribution in [2.24, 2.45) is 5.92 Å². The monoisotopic (exact) mass is 439 g/mol. The van der Waals surface area contributed by atoms with Gasteiger partial charge in [-0.3, -0.25) is 4.72 Å². The van der Waals surface area contributed by atoms with E-state index in [-0.39, 0.29) is 30.4 Å². The molecule has 0 bridgehead atoms. The van der Waals surface area contributed by atoms with E-state index in [1.807, 2.05) is 27.7 Å². The maximum absolute atomic E-state index is 13.3. The molecule has 0 fully saturated rings. The molecule has 0 saturated heterocycles. The van der Waals surface area contributed by atoms with E-state index in [4.69, 9.17) is 0 Å². The van der Waals surface area contributed by atoms with E-state index in [1.54, 1.807) is 12.1 Å². The molecule has 0 spiro atoms. The first-order valence-electron chi connectivity index (χ1n) is 9.74. The Balaban J connectivity index is 2.36. The normalized spacial score (nSPS) is 13.3. The molecule has 1 atom stereocenters. The topological polar surface area (TPSA) is 117 Å². The fourth-order valence-electron chi connectivity index (χ4n) is 3.10. The second kappa shape index (κ2) is 9.65. The molecular formula is C20H30FN5O3S. The fourth-order valence-corrected chi connectivity index (χ4v) is 3.53. The maximum Gasteiger partial charge on any atom is 0.241 e. The Hall–Kier alpha value is -2.33. The summed E-state index contributed by atoms with van der Waals surface area (Å²) >= 11 is 0. The molecule has 0 amide bonds. The number of aliphatic hydroxyl groups excluding tert-OH is 1. The second-order valence-corrected chi connectivity index (χ2v) is 10.2. The molecule has 166 valence electrons. The van der Waals surface area contributed by atoms with Gasteiger partial charge in [0, 0.05) is 6.42 Å². The fraction of sp³-hybridized carbons (Fsp3) is 0.550. The van der Waals surface area contributed by atoms with Crippen LogP contribution in [0.2, 0.25) is 0 Å². The highest BCUT2D eigenvalue weighted by Gasteiger charge is 2.24. The Morgan fingerprint density at radius 1 is 1.10 bits per heavy atom. The zero-order chi connectivity index (χ0) is 22.5. The van der Waals surface area contributed by atoms with Gasteiger partial charge in [-0.05, 0) is 35.4 Å². The summed E-state index contributed by atoms with van der Waals surface area (Å²) in [5, 5.41) is 12.7. The van der Waals surface area contributed by atoms with Gasteiger partial charge in [0.1, 0.15) is 11.6 Å². The van der Waals surface area contributed by atoms with E-state index in [0.29, 0.717) is 24.6 Å². The largest absolute Gasteiger partial charge is 0.394 e. The van der Waals surface area contributed by atoms with Crippen LogP contribution in [0.1, 0.15) is 45.5 Å². The van der Waals surface area contributed by atoms with Crippen molar-refractivity contribution in [3.63, 3.8) is 0 Å². The molecule has 8 nitrogen and oxygen atoms in total. The number of anilines is 2. The number of rotatable bonds is 10. The molecule has 3 N–H and O–H groups in total. The maximum atomic E-state index is 13.3. The van der Waals surface area contributed by atoms with Crippen molar-refractivity contribution in [2.75, 3.05) is 22.9 Å². The Morgan fingerprint density at radius 3 is 2.23 bits per heavy atom. The van der Waals surface area contributed by atoms with Gasteiger partial charge in [-0.15, -0.1) is 0 Å². The van der Waals surface area contributed by atoms with Crippen LogP contribution >= 0.6 is 0 Å². The highest BCUT2D eigenvalue weighted by Crippen LogP contribution is 2.27. The second-order valence-electron chi connectivity index (χ2n) is 8.49. The summed E-state index contributed by atoms with van der Waals surface area (Å²) in [6.45, 7) is 7.89. The standard InChI is InChI=1S/C20H30FN5O3S/c1-13(2)10-16(12-27)22-18-23-17(24-19(25-18)26-30(5,28)29)11-20(3,4)14-6-8-15(21)9-7-14/h6-9,13,16,27H,10-12H2,1-5H3,(H2,22,23,24,25,26)/t16-/m1/s1. The first kappa shape index (κ1) is 23.9. The molecule has 0 saturated carbocycles. The highest BCUT2D eigenvalue weighted by atomic mass is 32.2. The Bertz CT molecular complexity index is 949. The van der Waals surface area contributed by atoms with E-state index in [2.05, 4.69) is 25.0 Å². The van der Waals surface area contributed by atoms with Gasteiger partial charge in [0.2, 0.25) is 21.9 Å². The van der Waals surface area contributed by atoms with E-state index in [0.717, 1.165) is 11.8 Å². The first-order valence-corrected chi connectivity index (χ1v) is 11.6. The number of nitrogens with one attached hydrogen (secondary N) is 2. The molecular weight excluding hydrogens is 409 g/mol. The van der Waals surface area contributed by atoms with Crippen LogP contribution in [0, 0.1) is 11.7 Å². The van der Waals surface area contributed by atoms with Crippen molar-refractivity contribution >= 4 is 21.9 Å². The first-order chi connectivity index (χ1) is 13.9. The number of sulfonamides is 1. The van der Waals surface area contributed by atoms with E-state index >= 15 is 0 Å². The van der Waals surface area contributed by atoms with Crippen molar-refractivity contribution in [1.82, 2.24) is 15.0 Å². The van der Waals surface area contributed by atoms with Crippen LogP contribution in [0.15, 0.2) is 24.3 Å². The summed E-state index contributed by atoms with van der Waals surface area (Å²) in [5.41, 5.74) is 0.452. The molecule has 0 radical (unpaired) electrons. The third-order valence-corrected chi connectivity index (χ3v) is 5.05. The lowest BCUT2D eigenvalue weighted by Crippen LogP contribution is -2.28. The van der Waals surface area contributed by atoms with Crippen LogP contribution in [0.3, 0.4) is 0 Å². The van der Waals surface area contributed by atoms with E-state index in [9.17, 15) is 17.9 Å². The van der Waals surface area contributed by atoms with Crippen molar-refractivity contribution < 1.29 is 17.9 Å². The van der Waals surface area contributed by atoms with Crippen LogP contribution in [-0.4, -0.2) is 47.4 Å². The molecule has 1 aromatic carbocycles. The number of aliphatic hydroxyl groups is 1. The third-order valence-electron chi connectivity index (χ3n) is 4.49. The molecule has 1 aromatic heterocycles. The van der Waals surface area contributed by atoms with Crippen LogP contribution in [0.25, 0.3) is 0 Å². The molecule has 0 aliphatic carbocycles. The molecule has 1 heterocycles. The molecule has 0 unspecified atom stereocenters.